The molecule has 0 aromatic heterocycles. The van der Waals surface area contributed by atoms with E-state index in [9.17, 15) is 0 Å². The molecule has 0 heterocycles. The first-order valence-electron chi connectivity index (χ1n) is 5.71. The monoisotopic (exact) mass is 207 g/mol. The molecule has 0 bridgehead atoms. The Kier molecular flexibility index (Phi) is 6.05. The third-order valence-electron chi connectivity index (χ3n) is 2.58. The third kappa shape index (κ3) is 4.96. The van der Waals surface area contributed by atoms with Gasteiger partial charge in [-0.05, 0) is 30.9 Å². The molecule has 2 nitrogen and oxygen atoms in total. The van der Waals surface area contributed by atoms with Crippen molar-refractivity contribution in [2.24, 2.45) is 0 Å². The van der Waals surface area contributed by atoms with Gasteiger partial charge in [0.05, 0.1) is 0 Å². The van der Waals surface area contributed by atoms with Crippen molar-refractivity contribution in [3.63, 3.8) is 0 Å². The number of benzene rings is 1. The van der Waals surface area contributed by atoms with Crippen molar-refractivity contribution in [2.45, 2.75) is 25.7 Å². The Bertz CT molecular complexity index is 248. The summed E-state index contributed by atoms with van der Waals surface area (Å²) in [6, 6.07) is 10.5. The molecule has 0 radical (unpaired) electrons. The highest BCUT2D eigenvalue weighted by Crippen LogP contribution is 2.12. The zero-order valence-electron chi connectivity index (χ0n) is 9.45. The second-order valence-corrected chi connectivity index (χ2v) is 3.95. The normalized spacial score (nSPS) is 12.7. The molecular weight excluding hydrogens is 186 g/mol. The van der Waals surface area contributed by atoms with E-state index in [4.69, 9.17) is 5.11 Å². The van der Waals surface area contributed by atoms with Crippen molar-refractivity contribution < 1.29 is 5.11 Å². The van der Waals surface area contributed by atoms with Gasteiger partial charge < -0.3 is 10.4 Å². The van der Waals surface area contributed by atoms with E-state index in [1.54, 1.807) is 0 Å². The molecule has 84 valence electrons. The van der Waals surface area contributed by atoms with Crippen LogP contribution >= 0.6 is 0 Å². The maximum atomic E-state index is 8.62. The zero-order valence-corrected chi connectivity index (χ0v) is 9.45. The summed E-state index contributed by atoms with van der Waals surface area (Å²) in [4.78, 5) is 0. The van der Waals surface area contributed by atoms with Crippen molar-refractivity contribution in [3.8, 4) is 0 Å². The molecule has 2 heteroatoms. The van der Waals surface area contributed by atoms with Gasteiger partial charge in [0.2, 0.25) is 0 Å². The molecule has 0 aliphatic heterocycles. The molecule has 0 aliphatic carbocycles. The lowest BCUT2D eigenvalue weighted by atomic mass is 10.0. The van der Waals surface area contributed by atoms with E-state index in [1.165, 1.54) is 5.56 Å². The fourth-order valence-electron chi connectivity index (χ4n) is 1.58. The van der Waals surface area contributed by atoms with Crippen LogP contribution in [0.5, 0.6) is 0 Å². The highest BCUT2D eigenvalue weighted by Gasteiger charge is 2.02. The average Bonchev–Trinajstić information content (AvgIpc) is 2.30. The topological polar surface area (TPSA) is 32.3 Å². The van der Waals surface area contributed by atoms with Crippen molar-refractivity contribution >= 4 is 0 Å². The van der Waals surface area contributed by atoms with Crippen LogP contribution in [-0.2, 0) is 0 Å². The second kappa shape index (κ2) is 7.43. The van der Waals surface area contributed by atoms with E-state index in [2.05, 4.69) is 36.5 Å². The minimum absolute atomic E-state index is 0.302. The van der Waals surface area contributed by atoms with E-state index in [0.29, 0.717) is 12.5 Å². The first-order chi connectivity index (χ1) is 7.34. The van der Waals surface area contributed by atoms with Crippen LogP contribution in [0, 0.1) is 0 Å². The van der Waals surface area contributed by atoms with Gasteiger partial charge in [0.1, 0.15) is 0 Å². The van der Waals surface area contributed by atoms with Crippen LogP contribution in [0.25, 0.3) is 0 Å². The van der Waals surface area contributed by atoms with Crippen LogP contribution in [-0.4, -0.2) is 24.8 Å². The fourth-order valence-corrected chi connectivity index (χ4v) is 1.58. The summed E-state index contributed by atoms with van der Waals surface area (Å²) in [6.45, 7) is 4.54. The van der Waals surface area contributed by atoms with Crippen LogP contribution < -0.4 is 5.32 Å². The predicted octanol–water partition coefficient (Wildman–Crippen LogP) is 2.15. The first-order valence-corrected chi connectivity index (χ1v) is 5.71. The van der Waals surface area contributed by atoms with Gasteiger partial charge in [-0.3, -0.25) is 0 Å². The highest BCUT2D eigenvalue weighted by atomic mass is 16.2. The van der Waals surface area contributed by atoms with E-state index < -0.39 is 0 Å². The zero-order chi connectivity index (χ0) is 10.9. The molecule has 2 N–H and O–H groups in total. The minimum Gasteiger partial charge on any atom is -0.396 e. The lowest BCUT2D eigenvalue weighted by Gasteiger charge is -2.12. The lowest BCUT2D eigenvalue weighted by molar-refractivity contribution is 0.283. The van der Waals surface area contributed by atoms with Gasteiger partial charge in [-0.2, -0.15) is 0 Å². The molecule has 0 saturated heterocycles. The largest absolute Gasteiger partial charge is 0.396 e. The van der Waals surface area contributed by atoms with Crippen molar-refractivity contribution in [3.05, 3.63) is 35.9 Å². The maximum absolute atomic E-state index is 8.62. The number of hydrogen-bond donors (Lipinski definition) is 2. The van der Waals surface area contributed by atoms with Crippen LogP contribution in [0.1, 0.15) is 31.2 Å². The first kappa shape index (κ1) is 12.2. The summed E-state index contributed by atoms with van der Waals surface area (Å²) < 4.78 is 0. The van der Waals surface area contributed by atoms with Gasteiger partial charge in [-0.15, -0.1) is 0 Å². The Morgan fingerprint density at radius 2 is 1.93 bits per heavy atom. The maximum Gasteiger partial charge on any atom is 0.0431 e. The van der Waals surface area contributed by atoms with Crippen LogP contribution in [0.4, 0.5) is 0 Å². The van der Waals surface area contributed by atoms with Gasteiger partial charge >= 0.3 is 0 Å². The number of hydrogen-bond acceptors (Lipinski definition) is 2. The smallest absolute Gasteiger partial charge is 0.0431 e. The second-order valence-electron chi connectivity index (χ2n) is 3.95. The predicted molar refractivity (Wildman–Crippen MR) is 64.0 cm³/mol. The summed E-state index contributed by atoms with van der Waals surface area (Å²) in [7, 11) is 0. The van der Waals surface area contributed by atoms with E-state index in [1.807, 2.05) is 6.07 Å². The van der Waals surface area contributed by atoms with Gasteiger partial charge in [0.25, 0.3) is 0 Å². The van der Waals surface area contributed by atoms with Crippen molar-refractivity contribution in [1.82, 2.24) is 5.32 Å². The van der Waals surface area contributed by atoms with E-state index in [-0.39, 0.29) is 0 Å². The molecule has 0 amide bonds. The Morgan fingerprint density at radius 1 is 1.20 bits per heavy atom. The third-order valence-corrected chi connectivity index (χ3v) is 2.58. The van der Waals surface area contributed by atoms with Gasteiger partial charge in [0.15, 0.2) is 0 Å². The Morgan fingerprint density at radius 3 is 2.60 bits per heavy atom. The molecule has 0 spiro atoms. The highest BCUT2D eigenvalue weighted by molar-refractivity contribution is 5.18. The average molecular weight is 207 g/mol. The molecule has 1 atom stereocenters. The van der Waals surface area contributed by atoms with Gasteiger partial charge in [-0.25, -0.2) is 0 Å². The summed E-state index contributed by atoms with van der Waals surface area (Å²) >= 11 is 0. The standard InChI is InChI=1S/C13H21NO/c1-12(11-14-9-5-6-10-15)13-7-3-2-4-8-13/h2-4,7-8,12,14-15H,5-6,9-11H2,1H3/t12-/m0/s1. The molecule has 0 saturated carbocycles. The minimum atomic E-state index is 0.302. The molecule has 1 aromatic carbocycles. The molecule has 1 aromatic rings. The van der Waals surface area contributed by atoms with Crippen LogP contribution in [0.2, 0.25) is 0 Å². The summed E-state index contributed by atoms with van der Waals surface area (Å²) in [6.07, 6.45) is 1.95. The van der Waals surface area contributed by atoms with E-state index >= 15 is 0 Å². The summed E-state index contributed by atoms with van der Waals surface area (Å²) in [5.74, 6) is 0.556. The number of aliphatic hydroxyl groups excluding tert-OH is 1. The van der Waals surface area contributed by atoms with E-state index in [0.717, 1.165) is 25.9 Å². The van der Waals surface area contributed by atoms with Crippen LogP contribution in [0.3, 0.4) is 0 Å². The summed E-state index contributed by atoms with van der Waals surface area (Å²) in [5, 5.41) is 12.0. The molecular formula is C13H21NO. The van der Waals surface area contributed by atoms with Crippen LogP contribution in [0.15, 0.2) is 30.3 Å². The lowest BCUT2D eigenvalue weighted by Crippen LogP contribution is -2.21. The SMILES string of the molecule is C[C@@H](CNCCCCO)c1ccccc1. The van der Waals surface area contributed by atoms with Gasteiger partial charge in [0, 0.05) is 13.2 Å². The Balaban J connectivity index is 2.16. The van der Waals surface area contributed by atoms with Crippen molar-refractivity contribution in [2.75, 3.05) is 19.7 Å². The molecule has 1 rings (SSSR count). The summed E-state index contributed by atoms with van der Waals surface area (Å²) in [5.41, 5.74) is 1.38. The molecule has 0 aliphatic rings. The number of rotatable bonds is 7. The fraction of sp³-hybridized carbons (Fsp3) is 0.538. The Labute approximate surface area is 92.3 Å². The molecule has 0 unspecified atom stereocenters. The Hall–Kier alpha value is -0.860. The number of aliphatic hydroxyl groups is 1. The number of unbranched alkanes of at least 4 members (excludes halogenated alkanes) is 1. The van der Waals surface area contributed by atoms with Crippen molar-refractivity contribution in [1.29, 1.82) is 0 Å². The van der Waals surface area contributed by atoms with Gasteiger partial charge in [-0.1, -0.05) is 37.3 Å². The quantitative estimate of drug-likeness (QED) is 0.671. The molecule has 15 heavy (non-hydrogen) atoms. The molecule has 0 fully saturated rings. The number of nitrogens with one attached hydrogen (secondary N) is 1.